The average molecular weight is 354 g/mol. The molecular formula is C10H7BrF3N3OS. The van der Waals surface area contributed by atoms with Crippen LogP contribution in [0, 0.1) is 17.3 Å². The van der Waals surface area contributed by atoms with Crippen LogP contribution >= 0.6 is 27.7 Å². The number of benzene rings is 1. The Bertz CT molecular complexity index is 533. The van der Waals surface area contributed by atoms with Gasteiger partial charge in [-0.25, -0.2) is 9.38 Å². The van der Waals surface area contributed by atoms with Crippen LogP contribution in [-0.4, -0.2) is 18.0 Å². The van der Waals surface area contributed by atoms with Crippen molar-refractivity contribution in [3.63, 3.8) is 0 Å². The lowest BCUT2D eigenvalue weighted by Gasteiger charge is -2.08. The van der Waals surface area contributed by atoms with E-state index in [1.165, 1.54) is 6.07 Å². The summed E-state index contributed by atoms with van der Waals surface area (Å²) in [5.74, 6) is -1.17. The molecule has 0 aromatic heterocycles. The predicted octanol–water partition coefficient (Wildman–Crippen LogP) is 3.61. The summed E-state index contributed by atoms with van der Waals surface area (Å²) in [6.07, 6.45) is 3.29. The average Bonchev–Trinajstić information content (AvgIpc) is 2.34. The minimum absolute atomic E-state index is 0.111. The maximum Gasteiger partial charge on any atom is 0.387 e. The Morgan fingerprint density at radius 1 is 1.58 bits per heavy atom. The van der Waals surface area contributed by atoms with Crippen molar-refractivity contribution in [1.82, 2.24) is 5.32 Å². The number of hydrogen-bond acceptors (Lipinski definition) is 4. The van der Waals surface area contributed by atoms with Gasteiger partial charge in [-0.05, 0) is 28.3 Å². The molecule has 0 fully saturated rings. The van der Waals surface area contributed by atoms with Crippen LogP contribution in [0.2, 0.25) is 0 Å². The molecule has 0 atom stereocenters. The highest BCUT2D eigenvalue weighted by atomic mass is 79.9. The molecule has 0 aliphatic rings. The van der Waals surface area contributed by atoms with Crippen molar-refractivity contribution in [1.29, 1.82) is 5.26 Å². The van der Waals surface area contributed by atoms with E-state index in [1.807, 2.05) is 0 Å². The van der Waals surface area contributed by atoms with Crippen molar-refractivity contribution in [3.05, 3.63) is 22.4 Å². The van der Waals surface area contributed by atoms with Crippen molar-refractivity contribution in [2.75, 3.05) is 6.26 Å². The molecule has 0 bridgehead atoms. The zero-order valence-corrected chi connectivity index (χ0v) is 11.9. The van der Waals surface area contributed by atoms with Crippen molar-refractivity contribution in [3.8, 4) is 11.9 Å². The molecule has 4 nitrogen and oxygen atoms in total. The molecule has 9 heteroatoms. The summed E-state index contributed by atoms with van der Waals surface area (Å²) in [7, 11) is 0. The Morgan fingerprint density at radius 2 is 2.26 bits per heavy atom. The molecule has 0 radical (unpaired) electrons. The molecular weight excluding hydrogens is 347 g/mol. The van der Waals surface area contributed by atoms with Gasteiger partial charge in [-0.15, -0.1) is 0 Å². The molecule has 0 aliphatic carbocycles. The summed E-state index contributed by atoms with van der Waals surface area (Å²) in [6, 6.07) is 1.97. The molecule has 0 aliphatic heterocycles. The van der Waals surface area contributed by atoms with E-state index in [0.29, 0.717) is 0 Å². The second-order valence-electron chi connectivity index (χ2n) is 2.97. The third-order valence-corrected chi connectivity index (χ3v) is 3.00. The summed E-state index contributed by atoms with van der Waals surface area (Å²) in [5.41, 5.74) is -0.111. The van der Waals surface area contributed by atoms with Crippen LogP contribution in [0.1, 0.15) is 0 Å². The van der Waals surface area contributed by atoms with Crippen molar-refractivity contribution >= 4 is 38.5 Å². The molecule has 1 rings (SSSR count). The Balaban J connectivity index is 3.11. The number of nitrogens with zero attached hydrogens (tertiary/aromatic N) is 2. The second-order valence-corrected chi connectivity index (χ2v) is 4.62. The van der Waals surface area contributed by atoms with Crippen molar-refractivity contribution < 1.29 is 17.9 Å². The number of rotatable bonds is 3. The number of ether oxygens (including phenoxy) is 1. The molecule has 0 unspecified atom stereocenters. The topological polar surface area (TPSA) is 57.4 Å². The first-order valence-corrected chi connectivity index (χ1v) is 6.71. The van der Waals surface area contributed by atoms with Gasteiger partial charge < -0.3 is 4.74 Å². The minimum atomic E-state index is -3.05. The van der Waals surface area contributed by atoms with E-state index in [0.717, 1.165) is 17.8 Å². The maximum absolute atomic E-state index is 13.6. The molecule has 0 saturated carbocycles. The standard InChI is InChI=1S/C10H7BrF3N3OS/c1-19-10(16-4-15)17-7-2-5(11)8(3-6(7)12)18-9(13)14/h2-3,9H,1H3,(H,16,17). The van der Waals surface area contributed by atoms with Crippen molar-refractivity contribution in [2.24, 2.45) is 4.99 Å². The zero-order chi connectivity index (χ0) is 14.4. The number of nitriles is 1. The number of aliphatic imine (C=N–C) groups is 1. The molecule has 1 N–H and O–H groups in total. The third kappa shape index (κ3) is 4.65. The highest BCUT2D eigenvalue weighted by Crippen LogP contribution is 2.33. The zero-order valence-electron chi connectivity index (χ0n) is 9.45. The summed E-state index contributed by atoms with van der Waals surface area (Å²) in [6.45, 7) is -3.05. The minimum Gasteiger partial charge on any atom is -0.434 e. The number of thioether (sulfide) groups is 1. The fourth-order valence-electron chi connectivity index (χ4n) is 1.07. The molecule has 0 saturated heterocycles. The number of amidine groups is 1. The SMILES string of the molecule is CSC(=Nc1cc(Br)c(OC(F)F)cc1F)NC#N. The largest absolute Gasteiger partial charge is 0.434 e. The molecule has 102 valence electrons. The third-order valence-electron chi connectivity index (χ3n) is 1.80. The van der Waals surface area contributed by atoms with E-state index in [9.17, 15) is 13.2 Å². The van der Waals surface area contributed by atoms with Gasteiger partial charge in [0.15, 0.2) is 17.2 Å². The Labute approximate surface area is 119 Å². The lowest BCUT2D eigenvalue weighted by Crippen LogP contribution is -2.12. The van der Waals surface area contributed by atoms with Gasteiger partial charge >= 0.3 is 6.61 Å². The van der Waals surface area contributed by atoms with E-state index < -0.39 is 12.4 Å². The highest BCUT2D eigenvalue weighted by Gasteiger charge is 2.13. The van der Waals surface area contributed by atoms with Gasteiger partial charge in [0.05, 0.1) is 4.47 Å². The second kappa shape index (κ2) is 7.25. The van der Waals surface area contributed by atoms with Gasteiger partial charge in [0.25, 0.3) is 0 Å². The van der Waals surface area contributed by atoms with Gasteiger partial charge in [0.1, 0.15) is 11.4 Å². The van der Waals surface area contributed by atoms with Crippen LogP contribution in [0.15, 0.2) is 21.6 Å². The van der Waals surface area contributed by atoms with E-state index in [1.54, 1.807) is 12.4 Å². The highest BCUT2D eigenvalue weighted by molar-refractivity contribution is 9.10. The molecule has 0 heterocycles. The molecule has 19 heavy (non-hydrogen) atoms. The summed E-state index contributed by atoms with van der Waals surface area (Å²) >= 11 is 4.08. The molecule has 0 spiro atoms. The number of hydrogen-bond donors (Lipinski definition) is 1. The number of alkyl halides is 2. The fraction of sp³-hybridized carbons (Fsp3) is 0.200. The Morgan fingerprint density at radius 3 is 2.79 bits per heavy atom. The molecule has 0 amide bonds. The van der Waals surface area contributed by atoms with Gasteiger partial charge in [-0.3, -0.25) is 5.32 Å². The normalized spacial score (nSPS) is 11.3. The van der Waals surface area contributed by atoms with Crippen molar-refractivity contribution in [2.45, 2.75) is 6.61 Å². The smallest absolute Gasteiger partial charge is 0.387 e. The van der Waals surface area contributed by atoms with Crippen LogP contribution in [0.3, 0.4) is 0 Å². The monoisotopic (exact) mass is 353 g/mol. The van der Waals surface area contributed by atoms with Crippen LogP contribution < -0.4 is 10.1 Å². The lowest BCUT2D eigenvalue weighted by atomic mass is 10.3. The first-order valence-electron chi connectivity index (χ1n) is 4.69. The van der Waals surface area contributed by atoms with Gasteiger partial charge in [-0.2, -0.15) is 14.0 Å². The maximum atomic E-state index is 13.6. The summed E-state index contributed by atoms with van der Waals surface area (Å²) in [4.78, 5) is 3.85. The Hall–Kier alpha value is -1.40. The molecule has 1 aromatic rings. The quantitative estimate of drug-likeness (QED) is 0.390. The first kappa shape index (κ1) is 15.7. The van der Waals surface area contributed by atoms with E-state index in [2.05, 4.69) is 31.0 Å². The van der Waals surface area contributed by atoms with Crippen LogP contribution in [0.4, 0.5) is 18.9 Å². The van der Waals surface area contributed by atoms with Crippen LogP contribution in [0.25, 0.3) is 0 Å². The predicted molar refractivity (Wildman–Crippen MR) is 70.1 cm³/mol. The van der Waals surface area contributed by atoms with Gasteiger partial charge in [-0.1, -0.05) is 11.8 Å². The summed E-state index contributed by atoms with van der Waals surface area (Å²) < 4.78 is 42.0. The van der Waals surface area contributed by atoms with Gasteiger partial charge in [0.2, 0.25) is 0 Å². The first-order chi connectivity index (χ1) is 8.97. The Kier molecular flexibility index (Phi) is 5.98. The van der Waals surface area contributed by atoms with E-state index in [4.69, 9.17) is 5.26 Å². The lowest BCUT2D eigenvalue weighted by molar-refractivity contribution is -0.0505. The summed E-state index contributed by atoms with van der Waals surface area (Å²) in [5, 5.41) is 10.9. The van der Waals surface area contributed by atoms with E-state index in [-0.39, 0.29) is 21.1 Å². The van der Waals surface area contributed by atoms with Gasteiger partial charge in [0, 0.05) is 6.07 Å². The van der Waals surface area contributed by atoms with Crippen LogP contribution in [-0.2, 0) is 0 Å². The molecule has 1 aromatic carbocycles. The number of halogens is 4. The fourth-order valence-corrected chi connectivity index (χ4v) is 1.83. The van der Waals surface area contributed by atoms with E-state index >= 15 is 0 Å². The number of nitrogens with one attached hydrogen (secondary N) is 1. The van der Waals surface area contributed by atoms with Crippen LogP contribution in [0.5, 0.6) is 5.75 Å².